The average Bonchev–Trinajstić information content (AvgIpc) is 2.56. The van der Waals surface area contributed by atoms with Gasteiger partial charge in [0.05, 0.1) is 0 Å². The lowest BCUT2D eigenvalue weighted by Gasteiger charge is -2.32. The fourth-order valence-corrected chi connectivity index (χ4v) is 3.37. The molecule has 2 amide bonds. The van der Waals surface area contributed by atoms with Crippen LogP contribution >= 0.6 is 15.9 Å². The largest absolute Gasteiger partial charge is 0.349 e. The van der Waals surface area contributed by atoms with Gasteiger partial charge in [0, 0.05) is 16.2 Å². The average molecular weight is 413 g/mol. The summed E-state index contributed by atoms with van der Waals surface area (Å²) in [6.45, 7) is 10.1. The molecule has 1 heterocycles. The summed E-state index contributed by atoms with van der Waals surface area (Å²) in [4.78, 5) is 26.9. The van der Waals surface area contributed by atoms with Crippen molar-refractivity contribution in [3.63, 3.8) is 0 Å². The van der Waals surface area contributed by atoms with Crippen LogP contribution < -0.4 is 20.4 Å². The number of halogens is 1. The maximum absolute atomic E-state index is 12.5. The van der Waals surface area contributed by atoms with E-state index < -0.39 is 0 Å². The molecule has 1 aromatic rings. The molecule has 0 aromatic heterocycles. The fraction of sp³-hybridized carbons (Fsp3) is 0.556. The second-order valence-corrected chi connectivity index (χ2v) is 7.94. The molecule has 25 heavy (non-hydrogen) atoms. The molecule has 0 aliphatic carbocycles. The van der Waals surface area contributed by atoms with Crippen molar-refractivity contribution in [2.75, 3.05) is 38.0 Å². The number of rotatable bonds is 6. The Morgan fingerprint density at radius 1 is 1.08 bits per heavy atom. The van der Waals surface area contributed by atoms with Crippen molar-refractivity contribution in [1.29, 1.82) is 0 Å². The van der Waals surface area contributed by atoms with Gasteiger partial charge in [0.15, 0.2) is 12.6 Å². The van der Waals surface area contributed by atoms with Crippen molar-refractivity contribution >= 4 is 33.4 Å². The second-order valence-electron chi connectivity index (χ2n) is 7.03. The van der Waals surface area contributed by atoms with Crippen molar-refractivity contribution in [1.82, 2.24) is 5.32 Å². The molecule has 2 rings (SSSR count). The third kappa shape index (κ3) is 6.41. The number of anilines is 1. The van der Waals surface area contributed by atoms with Crippen LogP contribution in [-0.2, 0) is 9.59 Å². The van der Waals surface area contributed by atoms with Gasteiger partial charge in [-0.1, -0.05) is 15.9 Å². The molecular formula is C18H29BrN4O2+2. The molecule has 1 atom stereocenters. The number of amides is 2. The Bertz CT molecular complexity index is 583. The molecule has 0 radical (unpaired) electrons. The van der Waals surface area contributed by atoms with E-state index in [4.69, 9.17) is 0 Å². The minimum absolute atomic E-state index is 0.0401. The topological polar surface area (TPSA) is 67.1 Å². The molecule has 0 saturated carbocycles. The number of carbonyl (C=O) groups excluding carboxylic acids is 2. The van der Waals surface area contributed by atoms with Crippen LogP contribution in [0, 0.1) is 0 Å². The van der Waals surface area contributed by atoms with E-state index in [0.29, 0.717) is 6.54 Å². The number of benzene rings is 1. The van der Waals surface area contributed by atoms with Crippen LogP contribution in [0.1, 0.15) is 20.8 Å². The zero-order valence-corrected chi connectivity index (χ0v) is 16.8. The zero-order valence-electron chi connectivity index (χ0n) is 15.2. The van der Waals surface area contributed by atoms with Crippen molar-refractivity contribution in [3.8, 4) is 0 Å². The van der Waals surface area contributed by atoms with E-state index in [1.807, 2.05) is 45.0 Å². The Hall–Kier alpha value is -1.44. The van der Waals surface area contributed by atoms with E-state index in [0.717, 1.165) is 36.3 Å². The Labute approximate surface area is 158 Å². The molecule has 1 fully saturated rings. The van der Waals surface area contributed by atoms with E-state index in [2.05, 4.69) is 26.6 Å². The molecule has 1 aliphatic rings. The summed E-state index contributed by atoms with van der Waals surface area (Å²) in [6, 6.07) is 7.68. The number of piperazine rings is 1. The van der Waals surface area contributed by atoms with Gasteiger partial charge in [-0.25, -0.2) is 0 Å². The molecule has 138 valence electrons. The maximum Gasteiger partial charge on any atom is 0.282 e. The smallest absolute Gasteiger partial charge is 0.282 e. The van der Waals surface area contributed by atoms with Crippen molar-refractivity contribution in [2.24, 2.45) is 0 Å². The standard InChI is InChI=1S/C18H27BrN4O2/c1-13(2)20-17(24)12-22-8-10-23(11-9-22)14(3)18(25)21-16-6-4-15(19)5-7-16/h4-7,13-14H,8-12H2,1-3H3,(H,20,24)(H,21,25)/p+2/t14-/m0/s1. The molecule has 6 nitrogen and oxygen atoms in total. The highest BCUT2D eigenvalue weighted by molar-refractivity contribution is 9.10. The Morgan fingerprint density at radius 2 is 1.68 bits per heavy atom. The van der Waals surface area contributed by atoms with Crippen LogP contribution in [0.25, 0.3) is 0 Å². The summed E-state index contributed by atoms with van der Waals surface area (Å²) in [5.41, 5.74) is 0.814. The molecule has 1 aromatic carbocycles. The van der Waals surface area contributed by atoms with Gasteiger partial charge in [0.2, 0.25) is 0 Å². The summed E-state index contributed by atoms with van der Waals surface area (Å²) in [7, 11) is 0. The summed E-state index contributed by atoms with van der Waals surface area (Å²) in [5, 5.41) is 5.92. The molecular weight excluding hydrogens is 384 g/mol. The summed E-state index contributed by atoms with van der Waals surface area (Å²) < 4.78 is 0.991. The zero-order chi connectivity index (χ0) is 18.4. The Morgan fingerprint density at radius 3 is 2.24 bits per heavy atom. The molecule has 4 N–H and O–H groups in total. The van der Waals surface area contributed by atoms with Gasteiger partial charge >= 0.3 is 0 Å². The number of quaternary nitrogens is 2. The lowest BCUT2D eigenvalue weighted by atomic mass is 10.2. The third-order valence-corrected chi connectivity index (χ3v) is 5.11. The van der Waals surface area contributed by atoms with Crippen LogP contribution in [0.4, 0.5) is 5.69 Å². The first-order valence-corrected chi connectivity index (χ1v) is 9.68. The number of carbonyl (C=O) groups is 2. The van der Waals surface area contributed by atoms with Crippen LogP contribution in [-0.4, -0.2) is 56.6 Å². The Balaban J connectivity index is 1.78. The van der Waals surface area contributed by atoms with Gasteiger partial charge in [-0.2, -0.15) is 0 Å². The van der Waals surface area contributed by atoms with Gasteiger partial charge in [-0.05, 0) is 45.0 Å². The summed E-state index contributed by atoms with van der Waals surface area (Å²) in [6.07, 6.45) is 0. The van der Waals surface area contributed by atoms with Crippen LogP contribution in [0.2, 0.25) is 0 Å². The van der Waals surface area contributed by atoms with Gasteiger partial charge in [0.25, 0.3) is 11.8 Å². The maximum atomic E-state index is 12.5. The number of hydrogen-bond acceptors (Lipinski definition) is 2. The molecule has 0 bridgehead atoms. The van der Waals surface area contributed by atoms with E-state index in [-0.39, 0.29) is 23.9 Å². The Kier molecular flexibility index (Phi) is 7.40. The van der Waals surface area contributed by atoms with Crippen LogP contribution in [0.15, 0.2) is 28.7 Å². The van der Waals surface area contributed by atoms with E-state index in [1.165, 1.54) is 9.80 Å². The van der Waals surface area contributed by atoms with Crippen LogP contribution in [0.5, 0.6) is 0 Å². The van der Waals surface area contributed by atoms with Crippen molar-refractivity contribution in [3.05, 3.63) is 28.7 Å². The monoisotopic (exact) mass is 412 g/mol. The van der Waals surface area contributed by atoms with Gasteiger partial charge in [-0.15, -0.1) is 0 Å². The lowest BCUT2D eigenvalue weighted by molar-refractivity contribution is -1.01. The summed E-state index contributed by atoms with van der Waals surface area (Å²) >= 11 is 3.39. The normalized spacial score (nSPS) is 21.6. The van der Waals surface area contributed by atoms with E-state index >= 15 is 0 Å². The molecule has 0 spiro atoms. The highest BCUT2D eigenvalue weighted by atomic mass is 79.9. The van der Waals surface area contributed by atoms with Crippen LogP contribution in [0.3, 0.4) is 0 Å². The predicted molar refractivity (Wildman–Crippen MR) is 102 cm³/mol. The number of nitrogens with one attached hydrogen (secondary N) is 4. The summed E-state index contributed by atoms with van der Waals surface area (Å²) in [5.74, 6) is 0.146. The SMILES string of the molecule is CC(C)NC(=O)C[NH+]1CC[NH+]([C@@H](C)C(=O)Nc2ccc(Br)cc2)CC1. The highest BCUT2D eigenvalue weighted by Gasteiger charge is 2.31. The number of hydrogen-bond donors (Lipinski definition) is 4. The van der Waals surface area contributed by atoms with E-state index in [1.54, 1.807) is 0 Å². The second kappa shape index (κ2) is 9.31. The van der Waals surface area contributed by atoms with E-state index in [9.17, 15) is 9.59 Å². The minimum atomic E-state index is -0.102. The fourth-order valence-electron chi connectivity index (χ4n) is 3.10. The lowest BCUT2D eigenvalue weighted by Crippen LogP contribution is -3.30. The molecule has 0 unspecified atom stereocenters. The van der Waals surface area contributed by atoms with Crippen molar-refractivity contribution < 1.29 is 19.4 Å². The predicted octanol–water partition coefficient (Wildman–Crippen LogP) is -0.916. The highest BCUT2D eigenvalue weighted by Crippen LogP contribution is 2.14. The first kappa shape index (κ1) is 19.9. The van der Waals surface area contributed by atoms with Gasteiger partial charge in [0.1, 0.15) is 26.2 Å². The molecule has 1 aliphatic heterocycles. The third-order valence-electron chi connectivity index (χ3n) is 4.58. The van der Waals surface area contributed by atoms with Gasteiger partial charge < -0.3 is 20.4 Å². The first-order chi connectivity index (χ1) is 11.8. The minimum Gasteiger partial charge on any atom is -0.349 e. The van der Waals surface area contributed by atoms with Crippen molar-refractivity contribution in [2.45, 2.75) is 32.9 Å². The molecule has 7 heteroatoms. The van der Waals surface area contributed by atoms with Gasteiger partial charge in [-0.3, -0.25) is 9.59 Å². The molecule has 1 saturated heterocycles. The first-order valence-electron chi connectivity index (χ1n) is 8.89. The quantitative estimate of drug-likeness (QED) is 0.488.